The second kappa shape index (κ2) is 10.2. The topological polar surface area (TPSA) is 81.6 Å². The Labute approximate surface area is 208 Å². The van der Waals surface area contributed by atoms with Crippen molar-refractivity contribution in [3.8, 4) is 0 Å². The number of rotatable bonds is 6. The number of benzene rings is 4. The molecular formula is C29H25N3O4. The highest BCUT2D eigenvalue weighted by molar-refractivity contribution is 6.07. The minimum Gasteiger partial charge on any atom is -0.444 e. The van der Waals surface area contributed by atoms with Crippen LogP contribution in [0.3, 0.4) is 0 Å². The van der Waals surface area contributed by atoms with Crippen LogP contribution in [0.15, 0.2) is 97.1 Å². The molecule has 0 aliphatic heterocycles. The molecule has 0 spiro atoms. The van der Waals surface area contributed by atoms with E-state index >= 15 is 0 Å². The van der Waals surface area contributed by atoms with E-state index < -0.39 is 12.2 Å². The highest BCUT2D eigenvalue weighted by Crippen LogP contribution is 2.33. The number of carbonyl (C=O) groups is 2. The Morgan fingerprint density at radius 1 is 0.667 bits per heavy atom. The molecule has 1 aromatic heterocycles. The molecule has 0 bridgehead atoms. The van der Waals surface area contributed by atoms with Crippen LogP contribution in [0.2, 0.25) is 0 Å². The van der Waals surface area contributed by atoms with Gasteiger partial charge in [-0.3, -0.25) is 10.6 Å². The number of nitrogens with zero attached hydrogens (tertiary/aromatic N) is 1. The lowest BCUT2D eigenvalue weighted by Crippen LogP contribution is -2.16. The Kier molecular flexibility index (Phi) is 6.53. The molecule has 0 aliphatic rings. The van der Waals surface area contributed by atoms with Crippen LogP contribution in [-0.4, -0.2) is 16.8 Å². The van der Waals surface area contributed by atoms with Crippen molar-refractivity contribution in [1.29, 1.82) is 0 Å². The Morgan fingerprint density at radius 3 is 1.86 bits per heavy atom. The number of hydrogen-bond acceptors (Lipinski definition) is 4. The SMILES string of the molecule is Cn1c(COC(=O)Nc2ccccc2)c(COC(=O)Nc2ccccc2)c2ccc3ccccc3c21. The van der Waals surface area contributed by atoms with Crippen LogP contribution in [0, 0.1) is 0 Å². The highest BCUT2D eigenvalue weighted by Gasteiger charge is 2.20. The fourth-order valence-corrected chi connectivity index (χ4v) is 4.32. The summed E-state index contributed by atoms with van der Waals surface area (Å²) in [6, 6.07) is 30.4. The molecule has 0 fully saturated rings. The Balaban J connectivity index is 1.42. The Morgan fingerprint density at radius 2 is 1.22 bits per heavy atom. The third kappa shape index (κ3) is 4.86. The van der Waals surface area contributed by atoms with E-state index in [4.69, 9.17) is 9.47 Å². The number of amides is 2. The average Bonchev–Trinajstić information content (AvgIpc) is 3.18. The summed E-state index contributed by atoms with van der Waals surface area (Å²) in [7, 11) is 1.93. The van der Waals surface area contributed by atoms with Crippen molar-refractivity contribution in [2.45, 2.75) is 13.2 Å². The van der Waals surface area contributed by atoms with Crippen molar-refractivity contribution < 1.29 is 19.1 Å². The quantitative estimate of drug-likeness (QED) is 0.280. The summed E-state index contributed by atoms with van der Waals surface area (Å²) in [5.41, 5.74) is 3.81. The normalized spacial score (nSPS) is 10.8. The van der Waals surface area contributed by atoms with Gasteiger partial charge in [0.1, 0.15) is 13.2 Å². The number of fused-ring (bicyclic) bond motifs is 3. The van der Waals surface area contributed by atoms with Crippen molar-refractivity contribution in [2.75, 3.05) is 10.6 Å². The van der Waals surface area contributed by atoms with Gasteiger partial charge >= 0.3 is 12.2 Å². The summed E-state index contributed by atoms with van der Waals surface area (Å²) in [6.45, 7) is 0.0323. The molecule has 0 aliphatic carbocycles. The summed E-state index contributed by atoms with van der Waals surface area (Å²) in [5.74, 6) is 0. The van der Waals surface area contributed by atoms with E-state index in [1.54, 1.807) is 24.3 Å². The van der Waals surface area contributed by atoms with Gasteiger partial charge in [-0.15, -0.1) is 0 Å². The zero-order valence-electron chi connectivity index (χ0n) is 19.7. The van der Waals surface area contributed by atoms with Crippen molar-refractivity contribution in [1.82, 2.24) is 4.57 Å². The fraction of sp³-hybridized carbons (Fsp3) is 0.103. The third-order valence-corrected chi connectivity index (χ3v) is 6.04. The fourth-order valence-electron chi connectivity index (χ4n) is 4.32. The molecule has 0 atom stereocenters. The minimum atomic E-state index is -0.565. The highest BCUT2D eigenvalue weighted by atomic mass is 16.6. The molecule has 7 heteroatoms. The first kappa shape index (κ1) is 23.0. The maximum absolute atomic E-state index is 12.5. The second-order valence-corrected chi connectivity index (χ2v) is 8.30. The lowest BCUT2D eigenvalue weighted by atomic mass is 10.1. The number of ether oxygens (including phenoxy) is 2. The number of para-hydroxylation sites is 2. The van der Waals surface area contributed by atoms with E-state index in [1.165, 1.54) is 0 Å². The molecule has 0 saturated heterocycles. The molecule has 5 aromatic rings. The maximum Gasteiger partial charge on any atom is 0.412 e. The second-order valence-electron chi connectivity index (χ2n) is 8.30. The number of nitrogens with one attached hydrogen (secondary N) is 2. The van der Waals surface area contributed by atoms with E-state index in [2.05, 4.69) is 22.8 Å². The number of carbonyl (C=O) groups excluding carboxylic acids is 2. The van der Waals surface area contributed by atoms with Crippen LogP contribution in [0.5, 0.6) is 0 Å². The molecular weight excluding hydrogens is 454 g/mol. The van der Waals surface area contributed by atoms with Gasteiger partial charge in [-0.25, -0.2) is 9.59 Å². The van der Waals surface area contributed by atoms with Gasteiger partial charge in [0.25, 0.3) is 0 Å². The average molecular weight is 480 g/mol. The molecule has 0 unspecified atom stereocenters. The standard InChI is InChI=1S/C29H25N3O4/c1-32-26(19-36-29(34)31-22-13-6-3-7-14-22)25(18-35-28(33)30-21-11-4-2-5-12-21)24-17-16-20-10-8-9-15-23(20)27(24)32/h2-17H,18-19H2,1H3,(H,30,33)(H,31,34). The number of aryl methyl sites for hydroxylation is 1. The van der Waals surface area contributed by atoms with E-state index in [0.717, 1.165) is 32.9 Å². The minimum absolute atomic E-state index is 0.0111. The molecule has 2 amide bonds. The molecule has 0 radical (unpaired) electrons. The summed E-state index contributed by atoms with van der Waals surface area (Å²) >= 11 is 0. The van der Waals surface area contributed by atoms with Crippen LogP contribution in [0.25, 0.3) is 21.7 Å². The van der Waals surface area contributed by atoms with Gasteiger partial charge in [0.15, 0.2) is 0 Å². The molecule has 36 heavy (non-hydrogen) atoms. The van der Waals surface area contributed by atoms with E-state index in [-0.39, 0.29) is 13.2 Å². The van der Waals surface area contributed by atoms with Gasteiger partial charge in [-0.2, -0.15) is 0 Å². The summed E-state index contributed by atoms with van der Waals surface area (Å²) < 4.78 is 13.2. The predicted molar refractivity (Wildman–Crippen MR) is 141 cm³/mol. The van der Waals surface area contributed by atoms with Gasteiger partial charge in [-0.1, -0.05) is 72.8 Å². The first-order valence-electron chi connectivity index (χ1n) is 11.6. The Bertz CT molecular complexity index is 1530. The third-order valence-electron chi connectivity index (χ3n) is 6.04. The molecule has 1 heterocycles. The van der Waals surface area contributed by atoms with Gasteiger partial charge in [0, 0.05) is 34.8 Å². The van der Waals surface area contributed by atoms with E-state index in [0.29, 0.717) is 11.4 Å². The number of anilines is 2. The zero-order valence-corrected chi connectivity index (χ0v) is 19.7. The summed E-state index contributed by atoms with van der Waals surface area (Å²) in [5, 5.41) is 8.55. The molecule has 0 saturated carbocycles. The Hall–Kier alpha value is -4.78. The largest absolute Gasteiger partial charge is 0.444 e. The number of hydrogen-bond donors (Lipinski definition) is 2. The van der Waals surface area contributed by atoms with Crippen molar-refractivity contribution in [3.63, 3.8) is 0 Å². The molecule has 5 rings (SSSR count). The van der Waals surface area contributed by atoms with Gasteiger partial charge in [0.2, 0.25) is 0 Å². The van der Waals surface area contributed by atoms with Gasteiger partial charge in [-0.05, 0) is 29.7 Å². The van der Waals surface area contributed by atoms with Crippen LogP contribution < -0.4 is 10.6 Å². The van der Waals surface area contributed by atoms with Crippen molar-refractivity contribution >= 4 is 45.2 Å². The smallest absolute Gasteiger partial charge is 0.412 e. The number of aromatic nitrogens is 1. The lowest BCUT2D eigenvalue weighted by molar-refractivity contribution is 0.145. The summed E-state index contributed by atoms with van der Waals surface area (Å²) in [4.78, 5) is 25.0. The first-order chi connectivity index (χ1) is 17.6. The summed E-state index contributed by atoms with van der Waals surface area (Å²) in [6.07, 6.45) is -1.13. The van der Waals surface area contributed by atoms with Gasteiger partial charge in [0.05, 0.1) is 11.2 Å². The molecule has 4 aromatic carbocycles. The van der Waals surface area contributed by atoms with Crippen LogP contribution in [-0.2, 0) is 29.7 Å². The molecule has 180 valence electrons. The van der Waals surface area contributed by atoms with Crippen LogP contribution >= 0.6 is 0 Å². The van der Waals surface area contributed by atoms with Crippen molar-refractivity contribution in [3.05, 3.63) is 108 Å². The molecule has 2 N–H and O–H groups in total. The van der Waals surface area contributed by atoms with Crippen LogP contribution in [0.4, 0.5) is 21.0 Å². The molecule has 7 nitrogen and oxygen atoms in total. The maximum atomic E-state index is 12.5. The monoisotopic (exact) mass is 479 g/mol. The van der Waals surface area contributed by atoms with E-state index in [9.17, 15) is 9.59 Å². The van der Waals surface area contributed by atoms with E-state index in [1.807, 2.05) is 72.3 Å². The lowest BCUT2D eigenvalue weighted by Gasteiger charge is -2.11. The first-order valence-corrected chi connectivity index (χ1v) is 11.6. The predicted octanol–water partition coefficient (Wildman–Crippen LogP) is 6.83. The zero-order chi connectivity index (χ0) is 24.9. The van der Waals surface area contributed by atoms with Crippen molar-refractivity contribution in [2.24, 2.45) is 7.05 Å². The van der Waals surface area contributed by atoms with Crippen LogP contribution in [0.1, 0.15) is 11.3 Å². The van der Waals surface area contributed by atoms with Gasteiger partial charge < -0.3 is 14.0 Å².